The minimum atomic E-state index is 0.232. The lowest BCUT2D eigenvalue weighted by atomic mass is 9.96. The summed E-state index contributed by atoms with van der Waals surface area (Å²) in [6, 6.07) is 2.09. The van der Waals surface area contributed by atoms with Crippen LogP contribution in [-0.2, 0) is 22.5 Å². The summed E-state index contributed by atoms with van der Waals surface area (Å²) in [5.74, 6) is 1.69. The van der Waals surface area contributed by atoms with Crippen LogP contribution in [0.5, 0.6) is 11.5 Å². The average molecular weight is 252 g/mol. The Hall–Kier alpha value is -1.26. The molecular weight excluding hydrogens is 232 g/mol. The minimum absolute atomic E-state index is 0.232. The molecule has 0 aromatic heterocycles. The molecule has 1 atom stereocenters. The van der Waals surface area contributed by atoms with E-state index in [4.69, 9.17) is 18.9 Å². The van der Waals surface area contributed by atoms with Crippen LogP contribution in [0.1, 0.15) is 23.6 Å². The molecule has 0 saturated heterocycles. The highest BCUT2D eigenvalue weighted by Crippen LogP contribution is 2.37. The van der Waals surface area contributed by atoms with Gasteiger partial charge in [0, 0.05) is 18.2 Å². The van der Waals surface area contributed by atoms with Crippen LogP contribution in [0.3, 0.4) is 0 Å². The molecule has 0 N–H and O–H groups in total. The van der Waals surface area contributed by atoms with E-state index in [0.717, 1.165) is 29.0 Å². The van der Waals surface area contributed by atoms with Crippen molar-refractivity contribution in [2.45, 2.75) is 33.0 Å². The first-order valence-corrected chi connectivity index (χ1v) is 6.10. The molecule has 1 unspecified atom stereocenters. The summed E-state index contributed by atoms with van der Waals surface area (Å²) >= 11 is 0. The first-order valence-electron chi connectivity index (χ1n) is 6.10. The minimum Gasteiger partial charge on any atom is -0.496 e. The molecule has 2 rings (SSSR count). The lowest BCUT2D eigenvalue weighted by molar-refractivity contribution is 0.0283. The standard InChI is InChI=1S/C14H20O4/c1-9-5-11-6-13(16-4)10(2)14(18-8-15-3)12(11)7-17-9/h6,9H,5,7-8H2,1-4H3. The maximum absolute atomic E-state index is 5.69. The largest absolute Gasteiger partial charge is 0.496 e. The Kier molecular flexibility index (Phi) is 4.09. The summed E-state index contributed by atoms with van der Waals surface area (Å²) in [7, 11) is 3.29. The van der Waals surface area contributed by atoms with Gasteiger partial charge in [-0.2, -0.15) is 0 Å². The summed E-state index contributed by atoms with van der Waals surface area (Å²) in [5, 5.41) is 0. The molecule has 4 nitrogen and oxygen atoms in total. The van der Waals surface area contributed by atoms with Gasteiger partial charge in [-0.15, -0.1) is 0 Å². The smallest absolute Gasteiger partial charge is 0.188 e. The van der Waals surface area contributed by atoms with Gasteiger partial charge in [0.05, 0.1) is 19.8 Å². The average Bonchev–Trinajstić information content (AvgIpc) is 2.37. The fourth-order valence-corrected chi connectivity index (χ4v) is 2.30. The molecule has 1 aromatic carbocycles. The number of benzene rings is 1. The molecule has 0 fully saturated rings. The van der Waals surface area contributed by atoms with E-state index in [-0.39, 0.29) is 12.9 Å². The first-order chi connectivity index (χ1) is 8.67. The van der Waals surface area contributed by atoms with Crippen LogP contribution in [0, 0.1) is 6.92 Å². The summed E-state index contributed by atoms with van der Waals surface area (Å²) in [4.78, 5) is 0. The first kappa shape index (κ1) is 13.2. The fourth-order valence-electron chi connectivity index (χ4n) is 2.30. The molecule has 0 saturated carbocycles. The van der Waals surface area contributed by atoms with Gasteiger partial charge in [0.1, 0.15) is 11.5 Å². The molecule has 1 aromatic rings. The topological polar surface area (TPSA) is 36.9 Å². The third-order valence-corrected chi connectivity index (χ3v) is 3.24. The Labute approximate surface area is 108 Å². The molecule has 4 heteroatoms. The summed E-state index contributed by atoms with van der Waals surface area (Å²) in [5.41, 5.74) is 3.34. The van der Waals surface area contributed by atoms with Crippen molar-refractivity contribution in [3.8, 4) is 11.5 Å². The van der Waals surface area contributed by atoms with Gasteiger partial charge in [-0.3, -0.25) is 0 Å². The monoisotopic (exact) mass is 252 g/mol. The van der Waals surface area contributed by atoms with Crippen molar-refractivity contribution in [2.24, 2.45) is 0 Å². The Morgan fingerprint density at radius 2 is 2.17 bits per heavy atom. The second-order valence-electron chi connectivity index (χ2n) is 4.55. The van der Waals surface area contributed by atoms with Crippen LogP contribution in [0.15, 0.2) is 6.07 Å². The zero-order chi connectivity index (χ0) is 13.1. The molecule has 0 amide bonds. The van der Waals surface area contributed by atoms with Crippen molar-refractivity contribution >= 4 is 0 Å². The summed E-state index contributed by atoms with van der Waals surface area (Å²) in [6.07, 6.45) is 1.12. The highest BCUT2D eigenvalue weighted by Gasteiger charge is 2.23. The number of rotatable bonds is 4. The third-order valence-electron chi connectivity index (χ3n) is 3.24. The van der Waals surface area contributed by atoms with E-state index in [0.29, 0.717) is 6.61 Å². The van der Waals surface area contributed by atoms with Gasteiger partial charge in [-0.1, -0.05) is 0 Å². The number of ether oxygens (including phenoxy) is 4. The van der Waals surface area contributed by atoms with Crippen LogP contribution >= 0.6 is 0 Å². The SMILES string of the molecule is COCOc1c(C)c(OC)cc2c1COC(C)C2. The lowest BCUT2D eigenvalue weighted by Gasteiger charge is -2.26. The molecule has 1 aliphatic heterocycles. The van der Waals surface area contributed by atoms with E-state index in [1.165, 1.54) is 5.56 Å². The highest BCUT2D eigenvalue weighted by molar-refractivity contribution is 5.54. The maximum Gasteiger partial charge on any atom is 0.188 e. The summed E-state index contributed by atoms with van der Waals surface area (Å²) < 4.78 is 21.8. The van der Waals surface area contributed by atoms with Crippen LogP contribution in [0.4, 0.5) is 0 Å². The number of hydrogen-bond donors (Lipinski definition) is 0. The molecule has 0 spiro atoms. The van der Waals surface area contributed by atoms with E-state index in [1.807, 2.05) is 6.92 Å². The van der Waals surface area contributed by atoms with Crippen molar-refractivity contribution < 1.29 is 18.9 Å². The Bertz CT molecular complexity index is 428. The Balaban J connectivity index is 2.44. The van der Waals surface area contributed by atoms with E-state index in [9.17, 15) is 0 Å². The number of methoxy groups -OCH3 is 2. The Morgan fingerprint density at radius 3 is 2.83 bits per heavy atom. The fraction of sp³-hybridized carbons (Fsp3) is 0.571. The van der Waals surface area contributed by atoms with Gasteiger partial charge in [0.2, 0.25) is 0 Å². The normalized spacial score (nSPS) is 18.3. The van der Waals surface area contributed by atoms with E-state index in [1.54, 1.807) is 14.2 Å². The van der Waals surface area contributed by atoms with Gasteiger partial charge in [-0.05, 0) is 31.9 Å². The van der Waals surface area contributed by atoms with E-state index in [2.05, 4.69) is 13.0 Å². The number of hydrogen-bond acceptors (Lipinski definition) is 4. The lowest BCUT2D eigenvalue weighted by Crippen LogP contribution is -2.20. The van der Waals surface area contributed by atoms with Crippen LogP contribution < -0.4 is 9.47 Å². The van der Waals surface area contributed by atoms with Gasteiger partial charge < -0.3 is 18.9 Å². The van der Waals surface area contributed by atoms with Gasteiger partial charge in [0.25, 0.3) is 0 Å². The predicted octanol–water partition coefficient (Wildman–Crippen LogP) is 2.45. The zero-order valence-corrected chi connectivity index (χ0v) is 11.4. The van der Waals surface area contributed by atoms with Crippen LogP contribution in [0.25, 0.3) is 0 Å². The zero-order valence-electron chi connectivity index (χ0n) is 11.4. The number of fused-ring (bicyclic) bond motifs is 1. The summed E-state index contributed by atoms with van der Waals surface area (Å²) in [6.45, 7) is 4.88. The molecule has 1 aliphatic rings. The third kappa shape index (κ3) is 2.44. The van der Waals surface area contributed by atoms with E-state index < -0.39 is 0 Å². The van der Waals surface area contributed by atoms with Crippen molar-refractivity contribution in [1.82, 2.24) is 0 Å². The van der Waals surface area contributed by atoms with E-state index >= 15 is 0 Å². The molecule has 0 bridgehead atoms. The van der Waals surface area contributed by atoms with Gasteiger partial charge in [0.15, 0.2) is 6.79 Å². The molecular formula is C14H20O4. The molecule has 18 heavy (non-hydrogen) atoms. The van der Waals surface area contributed by atoms with Crippen LogP contribution in [0.2, 0.25) is 0 Å². The van der Waals surface area contributed by atoms with Crippen molar-refractivity contribution in [3.05, 3.63) is 22.8 Å². The second kappa shape index (κ2) is 5.59. The highest BCUT2D eigenvalue weighted by atomic mass is 16.7. The second-order valence-corrected chi connectivity index (χ2v) is 4.55. The molecule has 0 radical (unpaired) electrons. The quantitative estimate of drug-likeness (QED) is 0.771. The van der Waals surface area contributed by atoms with Crippen LogP contribution in [-0.4, -0.2) is 27.1 Å². The Morgan fingerprint density at radius 1 is 1.39 bits per heavy atom. The predicted molar refractivity (Wildman–Crippen MR) is 68.2 cm³/mol. The van der Waals surface area contributed by atoms with Crippen molar-refractivity contribution in [1.29, 1.82) is 0 Å². The van der Waals surface area contributed by atoms with Gasteiger partial charge in [-0.25, -0.2) is 0 Å². The molecule has 1 heterocycles. The van der Waals surface area contributed by atoms with Crippen molar-refractivity contribution in [2.75, 3.05) is 21.0 Å². The van der Waals surface area contributed by atoms with Crippen molar-refractivity contribution in [3.63, 3.8) is 0 Å². The maximum atomic E-state index is 5.69. The van der Waals surface area contributed by atoms with Gasteiger partial charge >= 0.3 is 0 Å². The molecule has 100 valence electrons. The molecule has 0 aliphatic carbocycles.